The fourth-order valence-corrected chi connectivity index (χ4v) is 4.23. The van der Waals surface area contributed by atoms with Gasteiger partial charge in [-0.3, -0.25) is 4.79 Å². The Balaban J connectivity index is 3.02. The number of hydrogen-bond donors (Lipinski definition) is 2. The van der Waals surface area contributed by atoms with E-state index >= 15 is 0 Å². The predicted octanol–water partition coefficient (Wildman–Crippen LogP) is 4.17. The molecule has 1 rings (SSSR count). The number of nitrogens with zero attached hydrogens (tertiary/aromatic N) is 2. The van der Waals surface area contributed by atoms with Gasteiger partial charge in [0.05, 0.1) is 6.61 Å². The third kappa shape index (κ3) is 8.87. The molecule has 4 atom stereocenters. The summed E-state index contributed by atoms with van der Waals surface area (Å²) in [5, 5.41) is 15.5. The van der Waals surface area contributed by atoms with E-state index in [4.69, 9.17) is 9.47 Å². The summed E-state index contributed by atoms with van der Waals surface area (Å²) in [5.74, 6) is -0.884. The minimum absolute atomic E-state index is 0.0206. The maximum Gasteiger partial charge on any atom is 0.408 e. The van der Waals surface area contributed by atoms with E-state index in [9.17, 15) is 19.5 Å². The Morgan fingerprint density at radius 2 is 1.82 bits per heavy atom. The van der Waals surface area contributed by atoms with Crippen LogP contribution in [-0.4, -0.2) is 64.3 Å². The number of aliphatic hydroxyl groups excluding tert-OH is 1. The normalized spacial score (nSPS) is 15.3. The zero-order valence-electron chi connectivity index (χ0n) is 21.9. The lowest BCUT2D eigenvalue weighted by Gasteiger charge is -2.36. The highest BCUT2D eigenvalue weighted by Gasteiger charge is 2.35. The minimum atomic E-state index is -0.961. The van der Waals surface area contributed by atoms with Crippen LogP contribution in [0.15, 0.2) is 5.38 Å². The first-order chi connectivity index (χ1) is 15.7. The van der Waals surface area contributed by atoms with Crippen molar-refractivity contribution in [1.29, 1.82) is 0 Å². The van der Waals surface area contributed by atoms with Gasteiger partial charge in [-0.05, 0) is 39.5 Å². The Morgan fingerprint density at radius 1 is 1.21 bits per heavy atom. The van der Waals surface area contributed by atoms with Gasteiger partial charge in [0.2, 0.25) is 5.91 Å². The molecule has 1 aromatic heterocycles. The molecular weight excluding hydrogens is 458 g/mol. The molecule has 9 nitrogen and oxygen atoms in total. The molecule has 2 unspecified atom stereocenters. The van der Waals surface area contributed by atoms with Gasteiger partial charge >= 0.3 is 12.1 Å². The smallest absolute Gasteiger partial charge is 0.408 e. The first kappa shape index (κ1) is 29.8. The summed E-state index contributed by atoms with van der Waals surface area (Å²) in [4.78, 5) is 43.6. The Bertz CT molecular complexity index is 820. The summed E-state index contributed by atoms with van der Waals surface area (Å²) in [7, 11) is 1.68. The molecule has 0 saturated heterocycles. The number of thiazole rings is 1. The molecule has 0 radical (unpaired) electrons. The van der Waals surface area contributed by atoms with Gasteiger partial charge in [0.15, 0.2) is 5.69 Å². The van der Waals surface area contributed by atoms with Gasteiger partial charge < -0.3 is 24.8 Å². The number of nitrogens with one attached hydrogen (secondary N) is 1. The van der Waals surface area contributed by atoms with Crippen molar-refractivity contribution >= 4 is 29.3 Å². The summed E-state index contributed by atoms with van der Waals surface area (Å²) in [5.41, 5.74) is -0.524. The van der Waals surface area contributed by atoms with Crippen LogP contribution in [0, 0.1) is 11.8 Å². The van der Waals surface area contributed by atoms with Gasteiger partial charge in [-0.2, -0.15) is 0 Å². The van der Waals surface area contributed by atoms with Crippen LogP contribution >= 0.6 is 11.3 Å². The van der Waals surface area contributed by atoms with Crippen molar-refractivity contribution in [2.45, 2.75) is 92.0 Å². The number of alkyl carbamates (subject to hydrolysis) is 1. The van der Waals surface area contributed by atoms with Gasteiger partial charge in [0.1, 0.15) is 22.8 Å². The molecule has 2 amide bonds. The molecule has 0 bridgehead atoms. The van der Waals surface area contributed by atoms with Crippen molar-refractivity contribution in [3.05, 3.63) is 16.1 Å². The van der Waals surface area contributed by atoms with Gasteiger partial charge in [0.25, 0.3) is 0 Å². The van der Waals surface area contributed by atoms with Crippen molar-refractivity contribution in [2.24, 2.45) is 11.8 Å². The maximum atomic E-state index is 13.5. The van der Waals surface area contributed by atoms with Crippen LogP contribution < -0.4 is 5.32 Å². The topological polar surface area (TPSA) is 118 Å². The highest BCUT2D eigenvalue weighted by atomic mass is 32.1. The number of amides is 2. The van der Waals surface area contributed by atoms with Gasteiger partial charge in [-0.1, -0.05) is 34.1 Å². The molecule has 1 aromatic rings. The number of rotatable bonds is 11. The molecule has 34 heavy (non-hydrogen) atoms. The lowest BCUT2D eigenvalue weighted by Crippen LogP contribution is -2.54. The monoisotopic (exact) mass is 499 g/mol. The van der Waals surface area contributed by atoms with Gasteiger partial charge in [0, 0.05) is 24.9 Å². The molecule has 0 aromatic carbocycles. The van der Waals surface area contributed by atoms with E-state index in [1.165, 1.54) is 11.3 Å². The van der Waals surface area contributed by atoms with Gasteiger partial charge in [-0.25, -0.2) is 14.6 Å². The van der Waals surface area contributed by atoms with E-state index in [1.54, 1.807) is 45.0 Å². The largest absolute Gasteiger partial charge is 0.461 e. The Morgan fingerprint density at radius 3 is 2.32 bits per heavy atom. The van der Waals surface area contributed by atoms with Crippen LogP contribution in [-0.2, 0) is 14.3 Å². The fraction of sp³-hybridized carbons (Fsp3) is 0.750. The Kier molecular flexibility index (Phi) is 11.4. The number of esters is 1. The average molecular weight is 500 g/mol. The van der Waals surface area contributed by atoms with Crippen molar-refractivity contribution in [2.75, 3.05) is 13.7 Å². The quantitative estimate of drug-likeness (QED) is 0.439. The zero-order valence-corrected chi connectivity index (χ0v) is 22.7. The van der Waals surface area contributed by atoms with Crippen molar-refractivity contribution in [3.63, 3.8) is 0 Å². The van der Waals surface area contributed by atoms with Crippen molar-refractivity contribution in [3.8, 4) is 0 Å². The van der Waals surface area contributed by atoms with E-state index in [2.05, 4.69) is 10.3 Å². The second-order valence-electron chi connectivity index (χ2n) is 9.81. The number of hydrogen-bond acceptors (Lipinski definition) is 8. The summed E-state index contributed by atoms with van der Waals surface area (Å²) in [6.07, 6.45) is -0.688. The number of carbonyl (C=O) groups excluding carboxylic acids is 3. The van der Waals surface area contributed by atoms with E-state index in [0.29, 0.717) is 11.4 Å². The van der Waals surface area contributed by atoms with Crippen LogP contribution in [0.3, 0.4) is 0 Å². The zero-order chi connectivity index (χ0) is 26.2. The van der Waals surface area contributed by atoms with E-state index in [0.717, 1.165) is 0 Å². The number of aliphatic hydroxyl groups is 1. The van der Waals surface area contributed by atoms with Crippen LogP contribution in [0.5, 0.6) is 0 Å². The first-order valence-electron chi connectivity index (χ1n) is 11.8. The van der Waals surface area contributed by atoms with E-state index in [1.807, 2.05) is 27.7 Å². The molecule has 1 heterocycles. The maximum absolute atomic E-state index is 13.5. The Hall–Kier alpha value is -2.20. The molecule has 0 aliphatic rings. The van der Waals surface area contributed by atoms with Gasteiger partial charge in [-0.15, -0.1) is 11.3 Å². The number of ether oxygens (including phenoxy) is 2. The van der Waals surface area contributed by atoms with Crippen LogP contribution in [0.4, 0.5) is 4.79 Å². The number of aromatic nitrogens is 1. The summed E-state index contributed by atoms with van der Waals surface area (Å²) in [6, 6.07) is -1.09. The highest BCUT2D eigenvalue weighted by molar-refractivity contribution is 7.09. The fourth-order valence-electron chi connectivity index (χ4n) is 3.45. The second kappa shape index (κ2) is 13.0. The summed E-state index contributed by atoms with van der Waals surface area (Å²) >= 11 is 1.18. The molecule has 0 aliphatic heterocycles. The van der Waals surface area contributed by atoms with Crippen LogP contribution in [0.1, 0.15) is 89.8 Å². The lowest BCUT2D eigenvalue weighted by molar-refractivity contribution is -0.137. The molecule has 0 aliphatic carbocycles. The summed E-state index contributed by atoms with van der Waals surface area (Å²) < 4.78 is 10.3. The first-order valence-corrected chi connectivity index (χ1v) is 12.7. The SMILES string of the molecule is CCOC(=O)c1csc([C@H](O)C[C@H](C(C)C)N(C)C(=O)C(NC(=O)OC(C)(C)C)C(C)CC)n1. The van der Waals surface area contributed by atoms with Crippen LogP contribution in [0.2, 0.25) is 0 Å². The number of carbonyl (C=O) groups is 3. The molecular formula is C24H41N3O6S. The molecule has 2 N–H and O–H groups in total. The molecule has 194 valence electrons. The third-order valence-electron chi connectivity index (χ3n) is 5.52. The standard InChI is InChI=1S/C24H41N3O6S/c1-10-15(5)19(26-23(31)33-24(6,7)8)21(29)27(9)17(14(3)4)12-18(28)20-25-16(13-34-20)22(30)32-11-2/h13-15,17-19,28H,10-12H2,1-9H3,(H,26,31)/t15?,17-,18-,19?/m1/s1. The van der Waals surface area contributed by atoms with Crippen LogP contribution in [0.25, 0.3) is 0 Å². The van der Waals surface area contributed by atoms with E-state index < -0.39 is 29.8 Å². The summed E-state index contributed by atoms with van der Waals surface area (Å²) in [6.45, 7) is 15.0. The Labute approximate surface area is 207 Å². The molecule has 0 saturated carbocycles. The molecule has 0 fully saturated rings. The lowest BCUT2D eigenvalue weighted by atomic mass is 9.93. The average Bonchev–Trinajstić information content (AvgIpc) is 3.23. The minimum Gasteiger partial charge on any atom is -0.461 e. The van der Waals surface area contributed by atoms with E-state index in [-0.39, 0.29) is 42.5 Å². The highest BCUT2D eigenvalue weighted by Crippen LogP contribution is 2.28. The second-order valence-corrected chi connectivity index (χ2v) is 10.7. The van der Waals surface area contributed by atoms with Crippen molar-refractivity contribution < 1.29 is 29.0 Å². The predicted molar refractivity (Wildman–Crippen MR) is 132 cm³/mol. The molecule has 0 spiro atoms. The molecule has 10 heteroatoms. The number of likely N-dealkylation sites (N-methyl/N-ethyl adjacent to an activating group) is 1. The van der Waals surface area contributed by atoms with Crippen molar-refractivity contribution in [1.82, 2.24) is 15.2 Å². The third-order valence-corrected chi connectivity index (χ3v) is 6.47.